The average Bonchev–Trinajstić information content (AvgIpc) is 2.89. The standard InChI is InChI=1S/C31H24O/c1-32-31-29(25-18-10-4-11-19-25)27(23-14-6-2-7-15-23)22-28(24-16-8-3-9-17-24)30(31)26-20-12-5-13-21-26/h2-22H,1H3. The van der Waals surface area contributed by atoms with Gasteiger partial charge in [-0.15, -0.1) is 0 Å². The molecule has 0 heterocycles. The lowest BCUT2D eigenvalue weighted by Gasteiger charge is -2.22. The van der Waals surface area contributed by atoms with Crippen molar-refractivity contribution in [2.24, 2.45) is 0 Å². The van der Waals surface area contributed by atoms with Crippen molar-refractivity contribution in [1.29, 1.82) is 0 Å². The molecule has 5 aromatic carbocycles. The summed E-state index contributed by atoms with van der Waals surface area (Å²) >= 11 is 0. The zero-order valence-corrected chi connectivity index (χ0v) is 18.0. The summed E-state index contributed by atoms with van der Waals surface area (Å²) in [5.74, 6) is 0.891. The van der Waals surface area contributed by atoms with E-state index in [1.165, 1.54) is 11.1 Å². The van der Waals surface area contributed by atoms with Gasteiger partial charge in [-0.1, -0.05) is 121 Å². The molecule has 1 nitrogen and oxygen atoms in total. The number of methoxy groups -OCH3 is 1. The van der Waals surface area contributed by atoms with Gasteiger partial charge in [-0.05, 0) is 39.4 Å². The molecule has 0 aliphatic rings. The topological polar surface area (TPSA) is 9.23 Å². The fourth-order valence-corrected chi connectivity index (χ4v) is 4.34. The van der Waals surface area contributed by atoms with Gasteiger partial charge in [-0.25, -0.2) is 0 Å². The van der Waals surface area contributed by atoms with Crippen molar-refractivity contribution >= 4 is 0 Å². The van der Waals surface area contributed by atoms with E-state index in [-0.39, 0.29) is 0 Å². The number of hydrogen-bond acceptors (Lipinski definition) is 1. The van der Waals surface area contributed by atoms with Gasteiger partial charge in [0.15, 0.2) is 0 Å². The molecule has 0 radical (unpaired) electrons. The zero-order valence-electron chi connectivity index (χ0n) is 18.0. The van der Waals surface area contributed by atoms with Gasteiger partial charge in [0, 0.05) is 11.1 Å². The number of benzene rings is 5. The summed E-state index contributed by atoms with van der Waals surface area (Å²) < 4.78 is 6.21. The summed E-state index contributed by atoms with van der Waals surface area (Å²) in [6, 6.07) is 44.5. The lowest BCUT2D eigenvalue weighted by Crippen LogP contribution is -1.98. The quantitative estimate of drug-likeness (QED) is 0.282. The predicted octanol–water partition coefficient (Wildman–Crippen LogP) is 8.36. The molecule has 0 atom stereocenters. The van der Waals surface area contributed by atoms with E-state index in [1.807, 2.05) is 0 Å². The molecule has 0 N–H and O–H groups in total. The Balaban J connectivity index is 1.94. The minimum Gasteiger partial charge on any atom is -0.495 e. The van der Waals surface area contributed by atoms with Crippen molar-refractivity contribution in [2.45, 2.75) is 0 Å². The Kier molecular flexibility index (Phi) is 5.55. The Hall–Kier alpha value is -4.10. The third-order valence-corrected chi connectivity index (χ3v) is 5.78. The van der Waals surface area contributed by atoms with Crippen molar-refractivity contribution in [1.82, 2.24) is 0 Å². The predicted molar refractivity (Wildman–Crippen MR) is 135 cm³/mol. The van der Waals surface area contributed by atoms with E-state index in [9.17, 15) is 0 Å². The second-order valence-electron chi connectivity index (χ2n) is 7.72. The van der Waals surface area contributed by atoms with Gasteiger partial charge >= 0.3 is 0 Å². The van der Waals surface area contributed by atoms with Crippen molar-refractivity contribution in [3.8, 4) is 50.3 Å². The fourth-order valence-electron chi connectivity index (χ4n) is 4.34. The molecule has 0 aliphatic heterocycles. The van der Waals surface area contributed by atoms with Crippen LogP contribution in [0.1, 0.15) is 0 Å². The molecule has 0 saturated carbocycles. The number of ether oxygens (including phenoxy) is 1. The summed E-state index contributed by atoms with van der Waals surface area (Å²) in [7, 11) is 1.78. The largest absolute Gasteiger partial charge is 0.495 e. The second kappa shape index (κ2) is 8.95. The first kappa shape index (κ1) is 19.8. The summed E-state index contributed by atoms with van der Waals surface area (Å²) in [5.41, 5.74) is 9.15. The van der Waals surface area contributed by atoms with Gasteiger partial charge in [-0.2, -0.15) is 0 Å². The first-order valence-electron chi connectivity index (χ1n) is 10.8. The molecule has 1 heteroatoms. The van der Waals surface area contributed by atoms with Crippen LogP contribution in [0.5, 0.6) is 5.75 Å². The Labute approximate surface area is 189 Å². The van der Waals surface area contributed by atoms with E-state index in [0.29, 0.717) is 0 Å². The normalized spacial score (nSPS) is 10.7. The smallest absolute Gasteiger partial charge is 0.135 e. The van der Waals surface area contributed by atoms with E-state index in [0.717, 1.165) is 39.1 Å². The summed E-state index contributed by atoms with van der Waals surface area (Å²) in [4.78, 5) is 0. The molecule has 0 amide bonds. The molecular formula is C31H24O. The zero-order chi connectivity index (χ0) is 21.8. The van der Waals surface area contributed by atoms with Gasteiger partial charge in [-0.3, -0.25) is 0 Å². The first-order valence-corrected chi connectivity index (χ1v) is 10.8. The minimum atomic E-state index is 0.891. The van der Waals surface area contributed by atoms with Crippen molar-refractivity contribution in [2.75, 3.05) is 7.11 Å². The number of hydrogen-bond donors (Lipinski definition) is 0. The van der Waals surface area contributed by atoms with Crippen molar-refractivity contribution in [3.05, 3.63) is 127 Å². The molecular weight excluding hydrogens is 388 g/mol. The van der Waals surface area contributed by atoms with Gasteiger partial charge in [0.05, 0.1) is 7.11 Å². The molecule has 0 saturated heterocycles. The SMILES string of the molecule is COc1c(-c2ccccc2)c(-c2ccccc2)cc(-c2ccccc2)c1-c1ccccc1. The van der Waals surface area contributed by atoms with E-state index in [1.54, 1.807) is 7.11 Å². The maximum Gasteiger partial charge on any atom is 0.135 e. The first-order chi connectivity index (χ1) is 15.9. The van der Waals surface area contributed by atoms with E-state index in [2.05, 4.69) is 127 Å². The van der Waals surface area contributed by atoms with Crippen LogP contribution in [0.25, 0.3) is 44.5 Å². The van der Waals surface area contributed by atoms with Crippen molar-refractivity contribution < 1.29 is 4.74 Å². The summed E-state index contributed by atoms with van der Waals surface area (Å²) in [5, 5.41) is 0. The van der Waals surface area contributed by atoms with Crippen molar-refractivity contribution in [3.63, 3.8) is 0 Å². The molecule has 0 unspecified atom stereocenters. The highest BCUT2D eigenvalue weighted by Gasteiger charge is 2.22. The summed E-state index contributed by atoms with van der Waals surface area (Å²) in [6.45, 7) is 0. The molecule has 0 fully saturated rings. The number of rotatable bonds is 5. The molecule has 0 spiro atoms. The van der Waals surface area contributed by atoms with Crippen LogP contribution in [0.2, 0.25) is 0 Å². The van der Waals surface area contributed by atoms with Gasteiger partial charge < -0.3 is 4.74 Å². The van der Waals surface area contributed by atoms with Gasteiger partial charge in [0.1, 0.15) is 5.75 Å². The Morgan fingerprint density at radius 1 is 0.406 bits per heavy atom. The van der Waals surface area contributed by atoms with Crippen LogP contribution in [0.4, 0.5) is 0 Å². The average molecular weight is 413 g/mol. The maximum absolute atomic E-state index is 6.21. The Bertz CT molecular complexity index is 1210. The van der Waals surface area contributed by atoms with Gasteiger partial charge in [0.25, 0.3) is 0 Å². The van der Waals surface area contributed by atoms with Crippen LogP contribution in [0, 0.1) is 0 Å². The second-order valence-corrected chi connectivity index (χ2v) is 7.72. The monoisotopic (exact) mass is 412 g/mol. The third kappa shape index (κ3) is 3.70. The van der Waals surface area contributed by atoms with Crippen LogP contribution in [0.15, 0.2) is 127 Å². The lowest BCUT2D eigenvalue weighted by molar-refractivity contribution is 0.418. The van der Waals surface area contributed by atoms with Crippen LogP contribution in [-0.4, -0.2) is 7.11 Å². The highest BCUT2D eigenvalue weighted by molar-refractivity contribution is 6.00. The Morgan fingerprint density at radius 3 is 1.03 bits per heavy atom. The van der Waals surface area contributed by atoms with Gasteiger partial charge in [0.2, 0.25) is 0 Å². The van der Waals surface area contributed by atoms with Crippen LogP contribution in [-0.2, 0) is 0 Å². The maximum atomic E-state index is 6.21. The molecule has 5 rings (SSSR count). The molecule has 154 valence electrons. The van der Waals surface area contributed by atoms with E-state index >= 15 is 0 Å². The lowest BCUT2D eigenvalue weighted by atomic mass is 9.84. The molecule has 0 aliphatic carbocycles. The third-order valence-electron chi connectivity index (χ3n) is 5.78. The molecule has 5 aromatic rings. The van der Waals surface area contributed by atoms with Crippen LogP contribution < -0.4 is 4.74 Å². The Morgan fingerprint density at radius 2 is 0.719 bits per heavy atom. The van der Waals surface area contributed by atoms with E-state index in [4.69, 9.17) is 4.74 Å². The minimum absolute atomic E-state index is 0.891. The molecule has 0 bridgehead atoms. The van der Waals surface area contributed by atoms with Crippen LogP contribution in [0.3, 0.4) is 0 Å². The summed E-state index contributed by atoms with van der Waals surface area (Å²) in [6.07, 6.45) is 0. The molecule has 32 heavy (non-hydrogen) atoms. The fraction of sp³-hybridized carbons (Fsp3) is 0.0323. The van der Waals surface area contributed by atoms with Crippen LogP contribution >= 0.6 is 0 Å². The highest BCUT2D eigenvalue weighted by atomic mass is 16.5. The molecule has 0 aromatic heterocycles. The van der Waals surface area contributed by atoms with E-state index < -0.39 is 0 Å². The highest BCUT2D eigenvalue weighted by Crippen LogP contribution is 2.49.